The first kappa shape index (κ1) is 28.0. The maximum atomic E-state index is 13.6. The Morgan fingerprint density at radius 2 is 1.71 bits per heavy atom. The molecule has 2 amide bonds. The molecular formula is C36H30N6O3. The molecule has 9 heteroatoms. The highest BCUT2D eigenvalue weighted by Crippen LogP contribution is 2.39. The Bertz CT molecular complexity index is 2090. The second-order valence-electron chi connectivity index (χ2n) is 11.9. The first-order valence-electron chi connectivity index (χ1n) is 14.8. The second-order valence-corrected chi connectivity index (χ2v) is 11.9. The zero-order valence-electron chi connectivity index (χ0n) is 25.2. The highest BCUT2D eigenvalue weighted by Gasteiger charge is 2.38. The average Bonchev–Trinajstić information content (AvgIpc) is 3.68. The SMILES string of the molecule is COC(=O)N1CCc2cc(-c3nc4ccc(C5=NN(c6ccccc6-c6ccccc6C#N)C(=O)CC5(C)C)cc4[nH]3)ccc21. The van der Waals surface area contributed by atoms with Gasteiger partial charge in [0.2, 0.25) is 5.91 Å². The van der Waals surface area contributed by atoms with Gasteiger partial charge < -0.3 is 9.72 Å². The van der Waals surface area contributed by atoms with Crippen LogP contribution < -0.4 is 9.91 Å². The number of anilines is 2. The fourth-order valence-corrected chi connectivity index (χ4v) is 6.31. The van der Waals surface area contributed by atoms with E-state index in [4.69, 9.17) is 14.8 Å². The number of hydrogen-bond donors (Lipinski definition) is 1. The summed E-state index contributed by atoms with van der Waals surface area (Å²) in [6, 6.07) is 29.1. The standard InChI is InChI=1S/C36H30N6O3/c1-36(2)20-32(43)42(31-11-7-6-10-27(31)26-9-5-4-8-25(26)21-37)40-33(36)23-12-14-28-29(19-23)39-34(38-28)24-13-15-30-22(18-24)16-17-41(30)35(44)45-3/h4-15,18-19H,16-17,20H2,1-3H3,(H,38,39). The smallest absolute Gasteiger partial charge is 0.414 e. The van der Waals surface area contributed by atoms with Crippen LogP contribution in [-0.4, -0.2) is 41.3 Å². The van der Waals surface area contributed by atoms with Crippen molar-refractivity contribution >= 4 is 40.1 Å². The normalized spacial score (nSPS) is 15.5. The monoisotopic (exact) mass is 594 g/mol. The van der Waals surface area contributed by atoms with Crippen molar-refractivity contribution < 1.29 is 14.3 Å². The van der Waals surface area contributed by atoms with Crippen LogP contribution in [0.5, 0.6) is 0 Å². The van der Waals surface area contributed by atoms with Crippen LogP contribution in [0.2, 0.25) is 0 Å². The molecule has 0 bridgehead atoms. The van der Waals surface area contributed by atoms with Gasteiger partial charge in [-0.25, -0.2) is 9.78 Å². The van der Waals surface area contributed by atoms with Crippen molar-refractivity contribution in [1.29, 1.82) is 5.26 Å². The molecule has 0 aliphatic carbocycles. The summed E-state index contributed by atoms with van der Waals surface area (Å²) in [5.41, 5.74) is 8.35. The minimum atomic E-state index is -0.519. The Hall–Kier alpha value is -5.75. The summed E-state index contributed by atoms with van der Waals surface area (Å²) in [6.07, 6.45) is 0.657. The molecule has 0 atom stereocenters. The number of methoxy groups -OCH3 is 1. The molecule has 0 spiro atoms. The summed E-state index contributed by atoms with van der Waals surface area (Å²) in [5.74, 6) is 0.617. The van der Waals surface area contributed by atoms with Gasteiger partial charge in [0, 0.05) is 40.6 Å². The van der Waals surface area contributed by atoms with Gasteiger partial charge in [0.25, 0.3) is 0 Å². The molecule has 45 heavy (non-hydrogen) atoms. The number of benzene rings is 4. The number of rotatable bonds is 4. The van der Waals surface area contributed by atoms with Crippen LogP contribution in [0.25, 0.3) is 33.5 Å². The van der Waals surface area contributed by atoms with Gasteiger partial charge in [0.05, 0.1) is 46.9 Å². The molecule has 222 valence electrons. The number of imidazole rings is 1. The number of carbonyl (C=O) groups excluding carboxylic acids is 2. The molecule has 0 unspecified atom stereocenters. The number of carbonyl (C=O) groups is 2. The number of nitrogens with one attached hydrogen (secondary N) is 1. The molecule has 4 aromatic carbocycles. The fraction of sp³-hybridized carbons (Fsp3) is 0.194. The molecule has 0 saturated carbocycles. The summed E-state index contributed by atoms with van der Waals surface area (Å²) in [6.45, 7) is 4.65. The quantitative estimate of drug-likeness (QED) is 0.239. The molecule has 9 nitrogen and oxygen atoms in total. The van der Waals surface area contributed by atoms with Gasteiger partial charge in [0.1, 0.15) is 5.82 Å². The third-order valence-corrected chi connectivity index (χ3v) is 8.54. The Morgan fingerprint density at radius 3 is 2.51 bits per heavy atom. The Balaban J connectivity index is 1.27. The Kier molecular flexibility index (Phi) is 6.70. The number of H-pyrrole nitrogens is 1. The van der Waals surface area contributed by atoms with Gasteiger partial charge in [-0.05, 0) is 54.4 Å². The number of para-hydroxylation sites is 1. The van der Waals surface area contributed by atoms with Crippen LogP contribution in [0.1, 0.15) is 37.0 Å². The fourth-order valence-electron chi connectivity index (χ4n) is 6.31. The predicted octanol–water partition coefficient (Wildman–Crippen LogP) is 7.06. The van der Waals surface area contributed by atoms with Gasteiger partial charge in [-0.1, -0.05) is 56.3 Å². The summed E-state index contributed by atoms with van der Waals surface area (Å²) < 4.78 is 4.92. The maximum Gasteiger partial charge on any atom is 0.414 e. The average molecular weight is 595 g/mol. The summed E-state index contributed by atoms with van der Waals surface area (Å²) >= 11 is 0. The van der Waals surface area contributed by atoms with Crippen molar-refractivity contribution in [2.24, 2.45) is 10.5 Å². The van der Waals surface area contributed by atoms with Crippen molar-refractivity contribution in [3.8, 4) is 28.6 Å². The van der Waals surface area contributed by atoms with E-state index < -0.39 is 5.41 Å². The number of aromatic amines is 1. The number of aromatic nitrogens is 2. The van der Waals surface area contributed by atoms with Crippen LogP contribution >= 0.6 is 0 Å². The minimum Gasteiger partial charge on any atom is -0.452 e. The molecule has 0 radical (unpaired) electrons. The Morgan fingerprint density at radius 1 is 0.956 bits per heavy atom. The second kappa shape index (κ2) is 10.8. The van der Waals surface area contributed by atoms with Crippen molar-refractivity contribution in [3.05, 3.63) is 102 Å². The van der Waals surface area contributed by atoms with E-state index in [0.717, 1.165) is 62.5 Å². The predicted molar refractivity (Wildman–Crippen MR) is 174 cm³/mol. The molecule has 2 aliphatic rings. The van der Waals surface area contributed by atoms with Gasteiger partial charge in [-0.15, -0.1) is 0 Å². The van der Waals surface area contributed by atoms with Crippen molar-refractivity contribution in [2.75, 3.05) is 23.6 Å². The zero-order chi connectivity index (χ0) is 31.3. The van der Waals surface area contributed by atoms with Crippen LogP contribution in [0, 0.1) is 16.7 Å². The number of ether oxygens (including phenoxy) is 1. The number of amides is 2. The topological polar surface area (TPSA) is 115 Å². The van der Waals surface area contributed by atoms with E-state index in [1.54, 1.807) is 11.0 Å². The molecule has 1 N–H and O–H groups in total. The van der Waals surface area contributed by atoms with E-state index in [1.165, 1.54) is 12.1 Å². The highest BCUT2D eigenvalue weighted by molar-refractivity contribution is 6.13. The highest BCUT2D eigenvalue weighted by atomic mass is 16.5. The van der Waals surface area contributed by atoms with Crippen molar-refractivity contribution in [1.82, 2.24) is 9.97 Å². The molecule has 2 aliphatic heterocycles. The first-order valence-corrected chi connectivity index (χ1v) is 14.8. The molecule has 7 rings (SSSR count). The number of hydrazone groups is 1. The van der Waals surface area contributed by atoms with E-state index in [-0.39, 0.29) is 18.4 Å². The molecule has 0 saturated heterocycles. The summed E-state index contributed by atoms with van der Waals surface area (Å²) in [7, 11) is 1.39. The molecular weight excluding hydrogens is 564 g/mol. The lowest BCUT2D eigenvalue weighted by Crippen LogP contribution is -2.42. The molecule has 3 heterocycles. The largest absolute Gasteiger partial charge is 0.452 e. The molecule has 1 aromatic heterocycles. The third-order valence-electron chi connectivity index (χ3n) is 8.54. The van der Waals surface area contributed by atoms with E-state index >= 15 is 0 Å². The lowest BCUT2D eigenvalue weighted by molar-refractivity contribution is -0.120. The number of nitriles is 1. The van der Waals surface area contributed by atoms with Crippen molar-refractivity contribution in [3.63, 3.8) is 0 Å². The van der Waals surface area contributed by atoms with E-state index in [9.17, 15) is 14.9 Å². The van der Waals surface area contributed by atoms with Crippen molar-refractivity contribution in [2.45, 2.75) is 26.7 Å². The van der Waals surface area contributed by atoms with Gasteiger partial charge in [0.15, 0.2) is 0 Å². The van der Waals surface area contributed by atoms with Gasteiger partial charge in [-0.3, -0.25) is 9.69 Å². The maximum absolute atomic E-state index is 13.6. The van der Waals surface area contributed by atoms with Gasteiger partial charge in [-0.2, -0.15) is 15.4 Å². The molecule has 0 fully saturated rings. The number of fused-ring (bicyclic) bond motifs is 2. The lowest BCUT2D eigenvalue weighted by atomic mass is 9.79. The van der Waals surface area contributed by atoms with Crippen LogP contribution in [-0.2, 0) is 16.0 Å². The zero-order valence-corrected chi connectivity index (χ0v) is 25.2. The number of nitrogens with zero attached hydrogens (tertiary/aromatic N) is 5. The first-order chi connectivity index (χ1) is 21.8. The van der Waals surface area contributed by atoms with E-state index in [0.29, 0.717) is 17.8 Å². The van der Waals surface area contributed by atoms with Crippen LogP contribution in [0.3, 0.4) is 0 Å². The summed E-state index contributed by atoms with van der Waals surface area (Å²) in [4.78, 5) is 35.6. The van der Waals surface area contributed by atoms with Crippen LogP contribution in [0.4, 0.5) is 16.2 Å². The Labute approximate surface area is 260 Å². The van der Waals surface area contributed by atoms with E-state index in [1.807, 2.05) is 86.6 Å². The minimum absolute atomic E-state index is 0.113. The van der Waals surface area contributed by atoms with Gasteiger partial charge >= 0.3 is 6.09 Å². The lowest BCUT2D eigenvalue weighted by Gasteiger charge is -2.35. The summed E-state index contributed by atoms with van der Waals surface area (Å²) in [5, 5.41) is 16.2. The van der Waals surface area contributed by atoms with Crippen LogP contribution in [0.15, 0.2) is 90.0 Å². The molecule has 5 aromatic rings. The third kappa shape index (κ3) is 4.81. The van der Waals surface area contributed by atoms with E-state index in [2.05, 4.69) is 17.1 Å². The number of hydrogen-bond acceptors (Lipinski definition) is 6.